The molecule has 31 heavy (non-hydrogen) atoms. The molecule has 0 saturated carbocycles. The van der Waals surface area contributed by atoms with Gasteiger partial charge in [0.15, 0.2) is 0 Å². The molecule has 0 aliphatic heterocycles. The summed E-state index contributed by atoms with van der Waals surface area (Å²) >= 11 is 6.06. The fourth-order valence-corrected chi connectivity index (χ4v) is 4.73. The molecular weight excluding hydrogens is 432 g/mol. The molecule has 1 amide bonds. The van der Waals surface area contributed by atoms with E-state index in [1.54, 1.807) is 48.5 Å². The molecule has 0 atom stereocenters. The lowest BCUT2D eigenvalue weighted by molar-refractivity contribution is -0.121. The number of benzene rings is 3. The predicted octanol–water partition coefficient (Wildman–Crippen LogP) is 4.20. The minimum Gasteiger partial charge on any atom is -0.355 e. The normalized spacial score (nSPS) is 11.5. The van der Waals surface area contributed by atoms with Gasteiger partial charge in [-0.1, -0.05) is 71.8 Å². The van der Waals surface area contributed by atoms with E-state index in [1.807, 2.05) is 37.3 Å². The van der Waals surface area contributed by atoms with Crippen molar-refractivity contribution >= 4 is 27.5 Å². The maximum absolute atomic E-state index is 13.3. The molecule has 162 valence electrons. The molecule has 0 aromatic heterocycles. The Morgan fingerprint density at radius 2 is 1.61 bits per heavy atom. The Kier molecular flexibility index (Phi) is 7.85. The molecule has 1 N–H and O–H groups in total. The average Bonchev–Trinajstić information content (AvgIpc) is 2.74. The third-order valence-electron chi connectivity index (χ3n) is 4.81. The minimum absolute atomic E-state index is 0.0445. The lowest BCUT2D eigenvalue weighted by Crippen LogP contribution is -2.40. The molecule has 0 heterocycles. The number of nitrogens with zero attached hydrogens (tertiary/aromatic N) is 1. The van der Waals surface area contributed by atoms with Crippen LogP contribution in [0, 0.1) is 6.92 Å². The summed E-state index contributed by atoms with van der Waals surface area (Å²) in [5, 5.41) is 3.33. The molecule has 0 radical (unpaired) electrons. The number of nitrogens with one attached hydrogen (secondary N) is 1. The van der Waals surface area contributed by atoms with Crippen molar-refractivity contribution in [3.8, 4) is 0 Å². The van der Waals surface area contributed by atoms with Crippen LogP contribution in [0.5, 0.6) is 0 Å². The Balaban J connectivity index is 1.74. The number of hydrogen-bond donors (Lipinski definition) is 1. The van der Waals surface area contributed by atoms with E-state index in [0.717, 1.165) is 11.1 Å². The standard InChI is InChI=1S/C24H25ClN2O3S/c1-19-10-12-23(13-11-19)31(29,30)27(17-21-8-5-9-22(25)16-21)18-24(28)26-15-14-20-6-3-2-4-7-20/h2-13,16H,14-15,17-18H2,1H3,(H,26,28). The van der Waals surface area contributed by atoms with E-state index < -0.39 is 10.0 Å². The van der Waals surface area contributed by atoms with E-state index in [-0.39, 0.29) is 23.9 Å². The molecule has 0 bridgehead atoms. The van der Waals surface area contributed by atoms with E-state index in [2.05, 4.69) is 5.32 Å². The summed E-state index contributed by atoms with van der Waals surface area (Å²) in [4.78, 5) is 12.7. The van der Waals surface area contributed by atoms with Crippen molar-refractivity contribution in [1.82, 2.24) is 9.62 Å². The second-order valence-corrected chi connectivity index (χ2v) is 9.68. The molecule has 0 fully saturated rings. The highest BCUT2D eigenvalue weighted by molar-refractivity contribution is 7.89. The SMILES string of the molecule is Cc1ccc(S(=O)(=O)N(CC(=O)NCCc2ccccc2)Cc2cccc(Cl)c2)cc1. The molecule has 0 spiro atoms. The zero-order valence-electron chi connectivity index (χ0n) is 17.3. The van der Waals surface area contributed by atoms with Crippen LogP contribution in [0.1, 0.15) is 16.7 Å². The molecule has 0 aliphatic carbocycles. The molecule has 0 unspecified atom stereocenters. The van der Waals surface area contributed by atoms with Crippen LogP contribution in [0.3, 0.4) is 0 Å². The fourth-order valence-electron chi connectivity index (χ4n) is 3.13. The van der Waals surface area contributed by atoms with Crippen molar-refractivity contribution in [1.29, 1.82) is 0 Å². The Morgan fingerprint density at radius 3 is 2.29 bits per heavy atom. The lowest BCUT2D eigenvalue weighted by atomic mass is 10.1. The van der Waals surface area contributed by atoms with Gasteiger partial charge in [-0.05, 0) is 48.7 Å². The number of sulfonamides is 1. The summed E-state index contributed by atoms with van der Waals surface area (Å²) in [6.07, 6.45) is 0.672. The quantitative estimate of drug-likeness (QED) is 0.524. The molecule has 3 aromatic carbocycles. The van der Waals surface area contributed by atoms with Crippen molar-refractivity contribution in [2.75, 3.05) is 13.1 Å². The van der Waals surface area contributed by atoms with Gasteiger partial charge in [-0.3, -0.25) is 4.79 Å². The van der Waals surface area contributed by atoms with Crippen LogP contribution >= 0.6 is 11.6 Å². The second-order valence-electron chi connectivity index (χ2n) is 7.30. The summed E-state index contributed by atoms with van der Waals surface area (Å²) < 4.78 is 27.7. The van der Waals surface area contributed by atoms with Crippen LogP contribution in [0.15, 0.2) is 83.8 Å². The Morgan fingerprint density at radius 1 is 0.935 bits per heavy atom. The van der Waals surface area contributed by atoms with E-state index in [0.29, 0.717) is 23.6 Å². The number of amides is 1. The van der Waals surface area contributed by atoms with Gasteiger partial charge < -0.3 is 5.32 Å². The Labute approximate surface area is 188 Å². The minimum atomic E-state index is -3.87. The van der Waals surface area contributed by atoms with Crippen LogP contribution in [0.4, 0.5) is 0 Å². The highest BCUT2D eigenvalue weighted by atomic mass is 35.5. The molecule has 5 nitrogen and oxygen atoms in total. The smallest absolute Gasteiger partial charge is 0.243 e. The third kappa shape index (κ3) is 6.66. The van der Waals surface area contributed by atoms with Crippen LogP contribution in [-0.2, 0) is 27.8 Å². The molecule has 7 heteroatoms. The van der Waals surface area contributed by atoms with E-state index >= 15 is 0 Å². The van der Waals surface area contributed by atoms with Crippen molar-refractivity contribution in [3.63, 3.8) is 0 Å². The molecule has 3 aromatic rings. The van der Waals surface area contributed by atoms with Gasteiger partial charge in [0.2, 0.25) is 15.9 Å². The first kappa shape index (κ1) is 23.0. The van der Waals surface area contributed by atoms with Gasteiger partial charge in [0, 0.05) is 18.1 Å². The van der Waals surface area contributed by atoms with Gasteiger partial charge in [0.1, 0.15) is 0 Å². The van der Waals surface area contributed by atoms with Crippen LogP contribution < -0.4 is 5.32 Å². The van der Waals surface area contributed by atoms with Crippen molar-refractivity contribution < 1.29 is 13.2 Å². The Bertz CT molecular complexity index is 1120. The van der Waals surface area contributed by atoms with Gasteiger partial charge in [0.05, 0.1) is 11.4 Å². The lowest BCUT2D eigenvalue weighted by Gasteiger charge is -2.22. The highest BCUT2D eigenvalue weighted by Gasteiger charge is 2.27. The fraction of sp³-hybridized carbons (Fsp3) is 0.208. The summed E-state index contributed by atoms with van der Waals surface area (Å²) in [6, 6.07) is 23.4. The second kappa shape index (κ2) is 10.6. The maximum Gasteiger partial charge on any atom is 0.243 e. The number of carbonyl (C=O) groups excluding carboxylic acids is 1. The number of aryl methyl sites for hydroxylation is 1. The number of halogens is 1. The summed E-state index contributed by atoms with van der Waals surface area (Å²) in [6.45, 7) is 2.08. The maximum atomic E-state index is 13.3. The zero-order valence-corrected chi connectivity index (χ0v) is 18.9. The van der Waals surface area contributed by atoms with Gasteiger partial charge in [-0.15, -0.1) is 0 Å². The molecule has 0 aliphatic rings. The van der Waals surface area contributed by atoms with Crippen LogP contribution in [-0.4, -0.2) is 31.7 Å². The number of hydrogen-bond acceptors (Lipinski definition) is 3. The summed E-state index contributed by atoms with van der Waals surface area (Å²) in [7, 11) is -3.87. The summed E-state index contributed by atoms with van der Waals surface area (Å²) in [5.74, 6) is -0.353. The first-order chi connectivity index (χ1) is 14.8. The highest BCUT2D eigenvalue weighted by Crippen LogP contribution is 2.20. The van der Waals surface area contributed by atoms with Crippen LogP contribution in [0.2, 0.25) is 5.02 Å². The van der Waals surface area contributed by atoms with Gasteiger partial charge in [-0.25, -0.2) is 8.42 Å². The van der Waals surface area contributed by atoms with Gasteiger partial charge in [0.25, 0.3) is 0 Å². The van der Waals surface area contributed by atoms with Crippen molar-refractivity contribution in [3.05, 3.63) is 101 Å². The third-order valence-corrected chi connectivity index (χ3v) is 6.85. The topological polar surface area (TPSA) is 66.5 Å². The Hall–Kier alpha value is -2.67. The summed E-state index contributed by atoms with van der Waals surface area (Å²) in [5.41, 5.74) is 2.77. The van der Waals surface area contributed by atoms with E-state index in [1.165, 1.54) is 4.31 Å². The first-order valence-corrected chi connectivity index (χ1v) is 11.8. The number of carbonyl (C=O) groups is 1. The van der Waals surface area contributed by atoms with E-state index in [9.17, 15) is 13.2 Å². The zero-order chi connectivity index (χ0) is 22.3. The monoisotopic (exact) mass is 456 g/mol. The predicted molar refractivity (Wildman–Crippen MR) is 123 cm³/mol. The largest absolute Gasteiger partial charge is 0.355 e. The molecule has 0 saturated heterocycles. The van der Waals surface area contributed by atoms with Crippen LogP contribution in [0.25, 0.3) is 0 Å². The van der Waals surface area contributed by atoms with Crippen molar-refractivity contribution in [2.24, 2.45) is 0 Å². The number of rotatable bonds is 9. The van der Waals surface area contributed by atoms with E-state index in [4.69, 9.17) is 11.6 Å². The molecule has 3 rings (SSSR count). The van der Waals surface area contributed by atoms with Crippen molar-refractivity contribution in [2.45, 2.75) is 24.8 Å². The van der Waals surface area contributed by atoms with Gasteiger partial charge in [-0.2, -0.15) is 4.31 Å². The molecular formula is C24H25ClN2O3S. The van der Waals surface area contributed by atoms with Gasteiger partial charge >= 0.3 is 0 Å². The first-order valence-electron chi connectivity index (χ1n) is 9.96. The average molecular weight is 457 g/mol.